The Morgan fingerprint density at radius 3 is 1.17 bits per heavy atom. The Bertz CT molecular complexity index is 2660. The standard InChI is InChI=1S/C45H26BN3O3/c1-3-11-27(12-4-1)29-15-7-17-31(23-29)44-47-43(28-13-5-2-6-14-28)48-45(49-44)32-18-8-16-30(24-32)33-25-38-42-39(26-33)52-37-22-10-20-35-41(37)46(42)40-34(50-35)19-9-21-36(40)51-38/h1-26H. The number of benzene rings is 7. The fourth-order valence-electron chi connectivity index (χ4n) is 7.64. The normalized spacial score (nSPS) is 12.7. The minimum absolute atomic E-state index is 0.0283. The molecule has 6 nitrogen and oxygen atoms in total. The lowest BCUT2D eigenvalue weighted by Crippen LogP contribution is -2.59. The van der Waals surface area contributed by atoms with E-state index >= 15 is 0 Å². The second-order valence-electron chi connectivity index (χ2n) is 13.2. The predicted octanol–water partition coefficient (Wildman–Crippen LogP) is 9.04. The van der Waals surface area contributed by atoms with E-state index in [2.05, 4.69) is 60.7 Å². The molecule has 0 saturated carbocycles. The molecule has 0 N–H and O–H groups in total. The van der Waals surface area contributed by atoms with Crippen molar-refractivity contribution < 1.29 is 14.2 Å². The molecule has 0 atom stereocenters. The molecule has 0 amide bonds. The summed E-state index contributed by atoms with van der Waals surface area (Å²) in [6.45, 7) is -0.0283. The molecule has 0 aliphatic carbocycles. The van der Waals surface area contributed by atoms with Gasteiger partial charge < -0.3 is 14.2 Å². The molecule has 0 bridgehead atoms. The van der Waals surface area contributed by atoms with Gasteiger partial charge in [-0.05, 0) is 70.8 Å². The molecule has 7 aromatic carbocycles. The van der Waals surface area contributed by atoms with Gasteiger partial charge >= 0.3 is 0 Å². The van der Waals surface area contributed by atoms with Crippen LogP contribution in [0.3, 0.4) is 0 Å². The summed E-state index contributed by atoms with van der Waals surface area (Å²) < 4.78 is 19.5. The summed E-state index contributed by atoms with van der Waals surface area (Å²) in [5.74, 6) is 6.62. The topological polar surface area (TPSA) is 66.4 Å². The van der Waals surface area contributed by atoms with Gasteiger partial charge in [0.25, 0.3) is 6.71 Å². The highest BCUT2D eigenvalue weighted by atomic mass is 16.5. The van der Waals surface area contributed by atoms with Crippen LogP contribution in [0, 0.1) is 0 Å². The summed E-state index contributed by atoms with van der Waals surface area (Å²) in [6.07, 6.45) is 0. The highest BCUT2D eigenvalue weighted by Crippen LogP contribution is 2.43. The maximum absolute atomic E-state index is 6.60. The number of nitrogens with zero attached hydrogens (tertiary/aromatic N) is 3. The number of aromatic nitrogens is 3. The van der Waals surface area contributed by atoms with Crippen LogP contribution in [0.2, 0.25) is 0 Å². The monoisotopic (exact) mass is 667 g/mol. The van der Waals surface area contributed by atoms with Crippen molar-refractivity contribution in [2.75, 3.05) is 0 Å². The molecule has 1 aromatic heterocycles. The lowest BCUT2D eigenvalue weighted by Gasteiger charge is -2.37. The zero-order chi connectivity index (χ0) is 34.2. The molecule has 0 radical (unpaired) electrons. The average molecular weight is 668 g/mol. The van der Waals surface area contributed by atoms with Crippen LogP contribution in [0.25, 0.3) is 56.4 Å². The third kappa shape index (κ3) is 4.56. The van der Waals surface area contributed by atoms with Crippen molar-refractivity contribution in [3.05, 3.63) is 158 Å². The van der Waals surface area contributed by atoms with Gasteiger partial charge in [0, 0.05) is 33.1 Å². The summed E-state index contributed by atoms with van der Waals surface area (Å²) in [7, 11) is 0. The van der Waals surface area contributed by atoms with E-state index < -0.39 is 0 Å². The van der Waals surface area contributed by atoms with Crippen molar-refractivity contribution in [3.8, 4) is 90.9 Å². The molecule has 8 aromatic rings. The number of hydrogen-bond acceptors (Lipinski definition) is 6. The van der Waals surface area contributed by atoms with Gasteiger partial charge in [-0.2, -0.15) is 0 Å². The van der Waals surface area contributed by atoms with Crippen molar-refractivity contribution in [1.82, 2.24) is 15.0 Å². The molecule has 0 fully saturated rings. The minimum atomic E-state index is -0.0283. The first kappa shape index (κ1) is 28.8. The summed E-state index contributed by atoms with van der Waals surface area (Å²) in [6, 6.07) is 53.3. The summed E-state index contributed by atoms with van der Waals surface area (Å²) in [4.78, 5) is 15.1. The van der Waals surface area contributed by atoms with E-state index in [0.29, 0.717) is 17.5 Å². The van der Waals surface area contributed by atoms with Crippen LogP contribution in [0.5, 0.6) is 34.5 Å². The molecule has 3 aliphatic heterocycles. The fourth-order valence-corrected chi connectivity index (χ4v) is 7.64. The smallest absolute Gasteiger partial charge is 0.270 e. The molecule has 3 aliphatic rings. The van der Waals surface area contributed by atoms with E-state index in [0.717, 1.165) is 89.8 Å². The first-order valence-electron chi connectivity index (χ1n) is 17.3. The summed E-state index contributed by atoms with van der Waals surface area (Å²) in [5, 5.41) is 0. The fraction of sp³-hybridized carbons (Fsp3) is 0. The van der Waals surface area contributed by atoms with E-state index in [-0.39, 0.29) is 6.71 Å². The van der Waals surface area contributed by atoms with Gasteiger partial charge in [-0.15, -0.1) is 0 Å². The third-order valence-electron chi connectivity index (χ3n) is 10.0. The van der Waals surface area contributed by atoms with Gasteiger partial charge in [0.2, 0.25) is 0 Å². The molecule has 0 spiro atoms. The van der Waals surface area contributed by atoms with Gasteiger partial charge in [-0.1, -0.05) is 109 Å². The van der Waals surface area contributed by atoms with Crippen LogP contribution >= 0.6 is 0 Å². The van der Waals surface area contributed by atoms with Crippen molar-refractivity contribution in [3.63, 3.8) is 0 Å². The molecular weight excluding hydrogens is 641 g/mol. The lowest BCUT2D eigenvalue weighted by atomic mass is 9.34. The molecule has 52 heavy (non-hydrogen) atoms. The third-order valence-corrected chi connectivity index (χ3v) is 10.0. The number of rotatable bonds is 5. The van der Waals surface area contributed by atoms with Crippen LogP contribution in [-0.4, -0.2) is 21.7 Å². The van der Waals surface area contributed by atoms with Gasteiger partial charge in [0.05, 0.1) is 0 Å². The van der Waals surface area contributed by atoms with E-state index in [9.17, 15) is 0 Å². The van der Waals surface area contributed by atoms with E-state index in [1.54, 1.807) is 0 Å². The molecule has 0 unspecified atom stereocenters. The summed E-state index contributed by atoms with van der Waals surface area (Å²) in [5.41, 5.74) is 10.0. The van der Waals surface area contributed by atoms with Crippen molar-refractivity contribution in [1.29, 1.82) is 0 Å². The quantitative estimate of drug-likeness (QED) is 0.171. The average Bonchev–Trinajstić information content (AvgIpc) is 3.21. The zero-order valence-corrected chi connectivity index (χ0v) is 27.7. The van der Waals surface area contributed by atoms with Gasteiger partial charge in [-0.3, -0.25) is 0 Å². The van der Waals surface area contributed by atoms with Crippen LogP contribution in [0.1, 0.15) is 0 Å². The Kier molecular flexibility index (Phi) is 6.24. The molecule has 11 rings (SSSR count). The lowest BCUT2D eigenvalue weighted by molar-refractivity contribution is 0.443. The predicted molar refractivity (Wildman–Crippen MR) is 205 cm³/mol. The summed E-state index contributed by atoms with van der Waals surface area (Å²) >= 11 is 0. The molecule has 7 heteroatoms. The van der Waals surface area contributed by atoms with Crippen LogP contribution in [0.4, 0.5) is 0 Å². The minimum Gasteiger partial charge on any atom is -0.458 e. The van der Waals surface area contributed by atoms with E-state index in [4.69, 9.17) is 29.2 Å². The number of ether oxygens (including phenoxy) is 3. The SMILES string of the molecule is c1ccc(-c2cccc(-c3nc(-c4ccccc4)nc(-c4cccc(-c5cc6c7c(c5)Oc5cccc8c5B7c5c(cccc5O6)O8)c4)n3)c2)cc1. The highest BCUT2D eigenvalue weighted by molar-refractivity contribution is 6.99. The Morgan fingerprint density at radius 1 is 0.288 bits per heavy atom. The van der Waals surface area contributed by atoms with Gasteiger partial charge in [0.15, 0.2) is 17.5 Å². The first-order valence-corrected chi connectivity index (χ1v) is 17.3. The molecule has 4 heterocycles. The second kappa shape index (κ2) is 11.3. The van der Waals surface area contributed by atoms with Gasteiger partial charge in [0.1, 0.15) is 34.5 Å². The highest BCUT2D eigenvalue weighted by Gasteiger charge is 2.46. The molecule has 242 valence electrons. The Labute approximate surface area is 300 Å². The van der Waals surface area contributed by atoms with Crippen molar-refractivity contribution >= 4 is 23.1 Å². The van der Waals surface area contributed by atoms with Crippen LogP contribution in [-0.2, 0) is 0 Å². The van der Waals surface area contributed by atoms with Crippen molar-refractivity contribution in [2.45, 2.75) is 0 Å². The Hall–Kier alpha value is -6.99. The molecular formula is C45H26BN3O3. The van der Waals surface area contributed by atoms with Crippen LogP contribution < -0.4 is 30.6 Å². The van der Waals surface area contributed by atoms with Gasteiger partial charge in [-0.25, -0.2) is 15.0 Å². The van der Waals surface area contributed by atoms with Crippen LogP contribution in [0.15, 0.2) is 158 Å². The maximum atomic E-state index is 6.60. The van der Waals surface area contributed by atoms with Crippen molar-refractivity contribution in [2.24, 2.45) is 0 Å². The number of hydrogen-bond donors (Lipinski definition) is 0. The second-order valence-corrected chi connectivity index (χ2v) is 13.2. The molecule has 0 saturated heterocycles. The largest absolute Gasteiger partial charge is 0.458 e. The van der Waals surface area contributed by atoms with E-state index in [1.165, 1.54) is 0 Å². The first-order chi connectivity index (χ1) is 25.7. The Balaban J connectivity index is 1.03. The maximum Gasteiger partial charge on any atom is 0.270 e. The zero-order valence-electron chi connectivity index (χ0n) is 27.7. The Morgan fingerprint density at radius 2 is 0.654 bits per heavy atom. The van der Waals surface area contributed by atoms with E-state index in [1.807, 2.05) is 97.1 Å².